The van der Waals surface area contributed by atoms with Gasteiger partial charge in [-0.05, 0) is 122 Å². The second kappa shape index (κ2) is 62.3. The monoisotopic (exact) mass is 1000 g/mol. The van der Waals surface area contributed by atoms with Crippen molar-refractivity contribution in [3.05, 3.63) is 158 Å². The van der Waals surface area contributed by atoms with Crippen LogP contribution in [0, 0.1) is 0 Å². The molecule has 0 saturated carbocycles. The zero-order chi connectivity index (χ0) is 52.7. The molecule has 0 aromatic carbocycles. The third-order valence-corrected chi connectivity index (χ3v) is 12.7. The Balaban J connectivity index is 3.65. The van der Waals surface area contributed by atoms with Crippen LogP contribution in [0.2, 0.25) is 0 Å². The molecule has 0 aromatic heterocycles. The van der Waals surface area contributed by atoms with Crippen LogP contribution in [0.4, 0.5) is 0 Å². The van der Waals surface area contributed by atoms with Crippen molar-refractivity contribution < 1.29 is 15.0 Å². The van der Waals surface area contributed by atoms with Gasteiger partial charge in [-0.2, -0.15) is 0 Å². The summed E-state index contributed by atoms with van der Waals surface area (Å²) in [7, 11) is 0. The number of aliphatic hydroxyl groups excluding tert-OH is 2. The fraction of sp³-hybridized carbons (Fsp3) is 0.609. The molecule has 73 heavy (non-hydrogen) atoms. The highest BCUT2D eigenvalue weighted by molar-refractivity contribution is 5.76. The van der Waals surface area contributed by atoms with Gasteiger partial charge in [0.2, 0.25) is 5.91 Å². The van der Waals surface area contributed by atoms with E-state index in [9.17, 15) is 15.0 Å². The summed E-state index contributed by atoms with van der Waals surface area (Å²) in [6, 6.07) is -0.659. The molecule has 0 rings (SSSR count). The van der Waals surface area contributed by atoms with Crippen molar-refractivity contribution in [2.45, 2.75) is 264 Å². The number of rotatable bonds is 53. The van der Waals surface area contributed by atoms with Gasteiger partial charge in [0.1, 0.15) is 0 Å². The second-order valence-corrected chi connectivity index (χ2v) is 19.7. The maximum Gasteiger partial charge on any atom is 0.220 e. The van der Waals surface area contributed by atoms with Gasteiger partial charge in [-0.15, -0.1) is 0 Å². The van der Waals surface area contributed by atoms with Gasteiger partial charge >= 0.3 is 0 Å². The number of carbonyl (C=O) groups excluding carboxylic acids is 1. The van der Waals surface area contributed by atoms with E-state index in [2.05, 4.69) is 165 Å². The maximum absolute atomic E-state index is 12.5. The van der Waals surface area contributed by atoms with Crippen LogP contribution in [0.15, 0.2) is 158 Å². The van der Waals surface area contributed by atoms with E-state index < -0.39 is 12.1 Å². The van der Waals surface area contributed by atoms with Gasteiger partial charge in [-0.1, -0.05) is 281 Å². The lowest BCUT2D eigenvalue weighted by Gasteiger charge is -2.19. The topological polar surface area (TPSA) is 69.6 Å². The number of carbonyl (C=O) groups is 1. The highest BCUT2D eigenvalue weighted by Crippen LogP contribution is 2.14. The number of nitrogens with one attached hydrogen (secondary N) is 1. The predicted octanol–water partition coefficient (Wildman–Crippen LogP) is 20.5. The van der Waals surface area contributed by atoms with Gasteiger partial charge in [-0.25, -0.2) is 0 Å². The summed E-state index contributed by atoms with van der Waals surface area (Å²) in [5.41, 5.74) is 0. The molecule has 4 nitrogen and oxygen atoms in total. The molecule has 4 heteroatoms. The molecule has 0 radical (unpaired) electrons. The smallest absolute Gasteiger partial charge is 0.220 e. The van der Waals surface area contributed by atoms with Crippen LogP contribution in [-0.2, 0) is 4.79 Å². The van der Waals surface area contributed by atoms with Crippen LogP contribution in [0.25, 0.3) is 0 Å². The Morgan fingerprint density at radius 2 is 0.616 bits per heavy atom. The minimum absolute atomic E-state index is 0.0884. The van der Waals surface area contributed by atoms with Crippen molar-refractivity contribution in [1.82, 2.24) is 5.32 Å². The molecule has 3 N–H and O–H groups in total. The largest absolute Gasteiger partial charge is 0.394 e. The fourth-order valence-electron chi connectivity index (χ4n) is 8.18. The van der Waals surface area contributed by atoms with Crippen LogP contribution >= 0.6 is 0 Å². The Hall–Kier alpha value is -3.99. The van der Waals surface area contributed by atoms with Gasteiger partial charge in [0.15, 0.2) is 0 Å². The Morgan fingerprint density at radius 1 is 0.342 bits per heavy atom. The van der Waals surface area contributed by atoms with E-state index in [-0.39, 0.29) is 12.5 Å². The maximum atomic E-state index is 12.5. The van der Waals surface area contributed by atoms with E-state index in [0.717, 1.165) is 109 Å². The highest BCUT2D eigenvalue weighted by Gasteiger charge is 2.18. The average Bonchev–Trinajstić information content (AvgIpc) is 3.40. The van der Waals surface area contributed by atoms with Gasteiger partial charge in [-0.3, -0.25) is 4.79 Å². The number of amides is 1. The van der Waals surface area contributed by atoms with Crippen LogP contribution < -0.4 is 5.32 Å². The van der Waals surface area contributed by atoms with E-state index in [1.54, 1.807) is 6.08 Å². The summed E-state index contributed by atoms with van der Waals surface area (Å²) < 4.78 is 0. The van der Waals surface area contributed by atoms with Crippen molar-refractivity contribution in [2.75, 3.05) is 6.61 Å². The molecule has 0 spiro atoms. The van der Waals surface area contributed by atoms with E-state index in [1.165, 1.54) is 122 Å². The molecule has 0 aliphatic carbocycles. The first-order valence-electron chi connectivity index (χ1n) is 30.2. The lowest BCUT2D eigenvalue weighted by Crippen LogP contribution is -2.45. The molecule has 0 saturated heterocycles. The van der Waals surface area contributed by atoms with Crippen molar-refractivity contribution in [2.24, 2.45) is 0 Å². The number of hydrogen-bond donors (Lipinski definition) is 3. The van der Waals surface area contributed by atoms with Crippen molar-refractivity contribution in [1.29, 1.82) is 0 Å². The highest BCUT2D eigenvalue weighted by atomic mass is 16.3. The molecule has 2 atom stereocenters. The molecule has 412 valence electrons. The van der Waals surface area contributed by atoms with Gasteiger partial charge in [0.05, 0.1) is 18.8 Å². The molecule has 1 amide bonds. The predicted molar refractivity (Wildman–Crippen MR) is 326 cm³/mol. The second-order valence-electron chi connectivity index (χ2n) is 19.7. The standard InChI is InChI=1S/C69H113NO3/c1-3-5-7-9-11-13-15-17-19-21-23-25-26-27-28-29-30-31-32-33-34-35-36-37-38-39-40-41-42-43-44-45-47-49-51-53-55-57-59-61-63-65-69(73)70-67(66-71)68(72)64-62-60-58-56-54-52-50-48-46-24-22-20-18-16-14-12-10-8-6-4-2/h5,7,11,13,17,19,23,25,27-28,30-31,33-34,36-37,39-40,42-43,46,48,54,56,62,64,67-68,71-72H,3-4,6,8-10,12,14-16,18,20-22,24,26,29,32,35,38,41,44-45,47,49-53,55,57-61,63,65-66H2,1-2H3,(H,70,73)/b7-5-,13-11-,19-17-,25-23-,28-27-,31-30-,34-33-,37-36-,40-39-,43-42-,48-46+,56-54+,64-62+. The zero-order valence-corrected chi connectivity index (χ0v) is 47.3. The summed E-state index contributed by atoms with van der Waals surface area (Å²) in [6.07, 6.45) is 99.8. The molecule has 0 aliphatic rings. The summed E-state index contributed by atoms with van der Waals surface area (Å²) in [5.74, 6) is -0.0884. The third kappa shape index (κ3) is 58.8. The number of aliphatic hydroxyl groups is 2. The molecule has 0 aliphatic heterocycles. The van der Waals surface area contributed by atoms with Crippen molar-refractivity contribution >= 4 is 5.91 Å². The van der Waals surface area contributed by atoms with Crippen LogP contribution in [0.1, 0.15) is 251 Å². The van der Waals surface area contributed by atoms with Crippen LogP contribution in [-0.4, -0.2) is 34.9 Å². The average molecular weight is 1000 g/mol. The normalized spacial score (nSPS) is 14.0. The zero-order valence-electron chi connectivity index (χ0n) is 47.3. The van der Waals surface area contributed by atoms with E-state index in [4.69, 9.17) is 0 Å². The Bertz CT molecular complexity index is 1560. The molecule has 0 bridgehead atoms. The van der Waals surface area contributed by atoms with E-state index in [0.29, 0.717) is 6.42 Å². The minimum Gasteiger partial charge on any atom is -0.394 e. The molecular weight excluding hydrogens is 891 g/mol. The third-order valence-electron chi connectivity index (χ3n) is 12.7. The fourth-order valence-corrected chi connectivity index (χ4v) is 8.18. The summed E-state index contributed by atoms with van der Waals surface area (Å²) in [4.78, 5) is 12.5. The molecular formula is C69H113NO3. The van der Waals surface area contributed by atoms with Gasteiger partial charge in [0.25, 0.3) is 0 Å². The molecule has 0 aromatic rings. The summed E-state index contributed by atoms with van der Waals surface area (Å²) in [5, 5.41) is 23.1. The quantitative estimate of drug-likeness (QED) is 0.0420. The van der Waals surface area contributed by atoms with E-state index in [1.807, 2.05) is 6.08 Å². The molecule has 2 unspecified atom stereocenters. The minimum atomic E-state index is -0.883. The first kappa shape index (κ1) is 69.0. The van der Waals surface area contributed by atoms with Crippen LogP contribution in [0.3, 0.4) is 0 Å². The van der Waals surface area contributed by atoms with Gasteiger partial charge in [0, 0.05) is 6.42 Å². The lowest BCUT2D eigenvalue weighted by atomic mass is 10.0. The Morgan fingerprint density at radius 3 is 0.959 bits per heavy atom. The SMILES string of the molecule is CC/C=C\C/C=C\C/C=C\C/C=C\C/C=C\C/C=C\C/C=C\C/C=C\C/C=C\C/C=C\CCCCCCCCCCCCC(=O)NC(CO)C(O)/C=C/CC/C=C/CC/C=C/CCCCCCCCCCCC. The van der Waals surface area contributed by atoms with Crippen LogP contribution in [0.5, 0.6) is 0 Å². The first-order valence-corrected chi connectivity index (χ1v) is 30.2. The van der Waals surface area contributed by atoms with E-state index >= 15 is 0 Å². The number of allylic oxidation sites excluding steroid dienone is 25. The van der Waals surface area contributed by atoms with Crippen molar-refractivity contribution in [3.63, 3.8) is 0 Å². The van der Waals surface area contributed by atoms with Gasteiger partial charge < -0.3 is 15.5 Å². The summed E-state index contributed by atoms with van der Waals surface area (Å²) in [6.45, 7) is 4.17. The molecule has 0 fully saturated rings. The van der Waals surface area contributed by atoms with Crippen molar-refractivity contribution in [3.8, 4) is 0 Å². The Kier molecular flexibility index (Phi) is 58.9. The molecule has 0 heterocycles. The first-order chi connectivity index (χ1) is 36.2. The lowest BCUT2D eigenvalue weighted by molar-refractivity contribution is -0.123. The Labute approximate surface area is 452 Å². The number of unbranched alkanes of at least 4 members (excludes halogenated alkanes) is 22. The number of hydrogen-bond acceptors (Lipinski definition) is 3. The summed E-state index contributed by atoms with van der Waals surface area (Å²) >= 11 is 0.